The molecule has 5 nitrogen and oxygen atoms in total. The Morgan fingerprint density at radius 2 is 1.78 bits per heavy atom. The lowest BCUT2D eigenvalue weighted by atomic mass is 10.5. The fourth-order valence-electron chi connectivity index (χ4n) is 0.333. The third kappa shape index (κ3) is 1.06. The first-order valence-electron chi connectivity index (χ1n) is 1.90. The maximum Gasteiger partial charge on any atom is 0.330 e. The van der Waals surface area contributed by atoms with E-state index < -0.39 is 17.4 Å². The average molecular weight is 134 g/mol. The lowest BCUT2D eigenvalue weighted by molar-refractivity contribution is 0.306. The van der Waals surface area contributed by atoms with Gasteiger partial charge in [0.25, 0.3) is 0 Å². The molecule has 0 amide bonds. The number of rotatable bonds is 0. The lowest BCUT2D eigenvalue weighted by Gasteiger charge is -1.81. The van der Waals surface area contributed by atoms with Gasteiger partial charge in [-0.1, -0.05) is 0 Å². The van der Waals surface area contributed by atoms with Gasteiger partial charge in [-0.2, -0.15) is 0 Å². The molecule has 1 aromatic heterocycles. The Labute approximate surface area is 50.1 Å². The molecule has 0 saturated carbocycles. The second-order valence-corrected chi connectivity index (χ2v) is 1.27. The number of furan rings is 1. The third-order valence-electron chi connectivity index (χ3n) is 0.727. The minimum Gasteiger partial charge on any atom is -0.502 e. The highest BCUT2D eigenvalue weighted by atomic mass is 16.5. The number of hydrogen-bond acceptors (Lipinski definition) is 4. The van der Waals surface area contributed by atoms with Crippen LogP contribution in [0.25, 0.3) is 0 Å². The molecule has 0 fully saturated rings. The SMILES string of the molecule is O.Oc1coc(O)c1O. The van der Waals surface area contributed by atoms with Crippen molar-refractivity contribution in [3.63, 3.8) is 0 Å². The van der Waals surface area contributed by atoms with E-state index in [-0.39, 0.29) is 5.48 Å². The Morgan fingerprint density at radius 3 is 1.89 bits per heavy atom. The summed E-state index contributed by atoms with van der Waals surface area (Å²) in [6.45, 7) is 0. The van der Waals surface area contributed by atoms with Crippen molar-refractivity contribution in [1.29, 1.82) is 0 Å². The minimum absolute atomic E-state index is 0. The van der Waals surface area contributed by atoms with Gasteiger partial charge in [-0.05, 0) is 0 Å². The summed E-state index contributed by atoms with van der Waals surface area (Å²) in [7, 11) is 0. The van der Waals surface area contributed by atoms with Crippen molar-refractivity contribution in [2.24, 2.45) is 0 Å². The van der Waals surface area contributed by atoms with E-state index in [0.717, 1.165) is 6.26 Å². The fraction of sp³-hybridized carbons (Fsp3) is 0. The van der Waals surface area contributed by atoms with E-state index in [1.807, 2.05) is 0 Å². The van der Waals surface area contributed by atoms with Crippen molar-refractivity contribution in [1.82, 2.24) is 0 Å². The number of hydrogen-bond donors (Lipinski definition) is 3. The van der Waals surface area contributed by atoms with Crippen LogP contribution >= 0.6 is 0 Å². The summed E-state index contributed by atoms with van der Waals surface area (Å²) >= 11 is 0. The van der Waals surface area contributed by atoms with Crippen molar-refractivity contribution in [2.75, 3.05) is 0 Å². The summed E-state index contributed by atoms with van der Waals surface area (Å²) in [6.07, 6.45) is 0.838. The zero-order valence-corrected chi connectivity index (χ0v) is 4.33. The Hall–Kier alpha value is -1.36. The molecule has 5 heteroatoms. The molecule has 0 spiro atoms. The van der Waals surface area contributed by atoms with Crippen molar-refractivity contribution < 1.29 is 25.2 Å². The molecule has 0 aliphatic rings. The summed E-state index contributed by atoms with van der Waals surface area (Å²) in [4.78, 5) is 0. The third-order valence-corrected chi connectivity index (χ3v) is 0.727. The van der Waals surface area contributed by atoms with Gasteiger partial charge >= 0.3 is 5.95 Å². The highest BCUT2D eigenvalue weighted by Crippen LogP contribution is 2.35. The molecule has 0 bridgehead atoms. The van der Waals surface area contributed by atoms with Crippen LogP contribution in [0.4, 0.5) is 0 Å². The van der Waals surface area contributed by atoms with E-state index in [2.05, 4.69) is 4.42 Å². The molecule has 0 radical (unpaired) electrons. The largest absolute Gasteiger partial charge is 0.502 e. The van der Waals surface area contributed by atoms with Gasteiger partial charge in [0, 0.05) is 0 Å². The van der Waals surface area contributed by atoms with Gasteiger partial charge in [-0.25, -0.2) is 0 Å². The summed E-state index contributed by atoms with van der Waals surface area (Å²) in [5.41, 5.74) is 0. The number of aromatic hydroxyl groups is 3. The molecule has 9 heavy (non-hydrogen) atoms. The van der Waals surface area contributed by atoms with Crippen molar-refractivity contribution in [2.45, 2.75) is 0 Å². The van der Waals surface area contributed by atoms with Gasteiger partial charge < -0.3 is 25.2 Å². The van der Waals surface area contributed by atoms with Gasteiger partial charge in [0.15, 0.2) is 0 Å². The van der Waals surface area contributed by atoms with Crippen LogP contribution in [-0.2, 0) is 0 Å². The quantitative estimate of drug-likeness (QED) is 0.447. The minimum atomic E-state index is -0.664. The van der Waals surface area contributed by atoms with Crippen molar-refractivity contribution in [3.05, 3.63) is 6.26 Å². The van der Waals surface area contributed by atoms with Crippen molar-refractivity contribution >= 4 is 0 Å². The van der Waals surface area contributed by atoms with Crippen LogP contribution < -0.4 is 0 Å². The van der Waals surface area contributed by atoms with Crippen LogP contribution in [0.2, 0.25) is 0 Å². The molecule has 0 aliphatic heterocycles. The van der Waals surface area contributed by atoms with Gasteiger partial charge in [0.05, 0.1) is 0 Å². The van der Waals surface area contributed by atoms with Gasteiger partial charge in [-0.15, -0.1) is 0 Å². The Kier molecular flexibility index (Phi) is 1.93. The van der Waals surface area contributed by atoms with E-state index >= 15 is 0 Å². The molecule has 52 valence electrons. The molecule has 0 aromatic carbocycles. The highest BCUT2D eigenvalue weighted by Gasteiger charge is 2.07. The summed E-state index contributed by atoms with van der Waals surface area (Å²) in [5, 5.41) is 25.3. The molecule has 5 N–H and O–H groups in total. The van der Waals surface area contributed by atoms with E-state index in [1.54, 1.807) is 0 Å². The zero-order chi connectivity index (χ0) is 6.15. The first kappa shape index (κ1) is 7.64. The Morgan fingerprint density at radius 1 is 1.22 bits per heavy atom. The van der Waals surface area contributed by atoms with Gasteiger partial charge in [0.2, 0.25) is 11.5 Å². The maximum absolute atomic E-state index is 8.45. The Balaban J connectivity index is 0.000000640. The molecule has 1 rings (SSSR count). The summed E-state index contributed by atoms with van der Waals surface area (Å²) in [5.74, 6) is -1.74. The maximum atomic E-state index is 8.45. The van der Waals surface area contributed by atoms with E-state index in [9.17, 15) is 0 Å². The van der Waals surface area contributed by atoms with Crippen LogP contribution in [0, 0.1) is 0 Å². The predicted molar refractivity (Wildman–Crippen MR) is 27.3 cm³/mol. The lowest BCUT2D eigenvalue weighted by Crippen LogP contribution is -1.55. The summed E-state index contributed by atoms with van der Waals surface area (Å²) < 4.78 is 4.15. The first-order valence-corrected chi connectivity index (χ1v) is 1.90. The first-order chi connectivity index (χ1) is 3.72. The second-order valence-electron chi connectivity index (χ2n) is 1.27. The molecule has 0 atom stereocenters. The highest BCUT2D eigenvalue weighted by molar-refractivity contribution is 5.41. The molecular formula is C4H6O5. The van der Waals surface area contributed by atoms with Gasteiger partial charge in [0.1, 0.15) is 6.26 Å². The molecule has 0 aliphatic carbocycles. The second kappa shape index (κ2) is 2.27. The van der Waals surface area contributed by atoms with E-state index in [4.69, 9.17) is 15.3 Å². The topological polar surface area (TPSA) is 105 Å². The summed E-state index contributed by atoms with van der Waals surface area (Å²) in [6, 6.07) is 0. The standard InChI is InChI=1S/C4H4O4.H2O/c5-2-1-8-4(7)3(2)6;/h1,5-7H;1H2. The molecule has 1 heterocycles. The van der Waals surface area contributed by atoms with Crippen LogP contribution in [-0.4, -0.2) is 20.8 Å². The van der Waals surface area contributed by atoms with Crippen molar-refractivity contribution in [3.8, 4) is 17.4 Å². The smallest absolute Gasteiger partial charge is 0.330 e. The molecular weight excluding hydrogens is 128 g/mol. The zero-order valence-electron chi connectivity index (χ0n) is 4.33. The van der Waals surface area contributed by atoms with Crippen LogP contribution in [0.15, 0.2) is 10.7 Å². The van der Waals surface area contributed by atoms with Gasteiger partial charge in [-0.3, -0.25) is 0 Å². The van der Waals surface area contributed by atoms with Crippen LogP contribution in [0.3, 0.4) is 0 Å². The van der Waals surface area contributed by atoms with Crippen LogP contribution in [0.5, 0.6) is 17.4 Å². The molecule has 1 aromatic rings. The predicted octanol–water partition coefficient (Wildman–Crippen LogP) is -0.428. The molecule has 0 unspecified atom stereocenters. The normalized spacial score (nSPS) is 8.44. The Bertz CT molecular complexity index is 171. The monoisotopic (exact) mass is 134 g/mol. The fourth-order valence-corrected chi connectivity index (χ4v) is 0.333. The molecule has 0 saturated heterocycles. The van der Waals surface area contributed by atoms with E-state index in [0.29, 0.717) is 0 Å². The van der Waals surface area contributed by atoms with Crippen LogP contribution in [0.1, 0.15) is 0 Å². The average Bonchev–Trinajstić information content (AvgIpc) is 1.98. The van der Waals surface area contributed by atoms with E-state index in [1.165, 1.54) is 0 Å².